The number of thioether (sulfide) groups is 1. The van der Waals surface area contributed by atoms with Gasteiger partial charge in [0.2, 0.25) is 0 Å². The van der Waals surface area contributed by atoms with Crippen LogP contribution in [0.15, 0.2) is 46.6 Å². The topological polar surface area (TPSA) is 104 Å². The minimum atomic E-state index is -4.53. The highest BCUT2D eigenvalue weighted by atomic mass is 35.5. The number of amides is 1. The van der Waals surface area contributed by atoms with Crippen molar-refractivity contribution in [2.24, 2.45) is 4.99 Å². The first-order chi connectivity index (χ1) is 16.7. The van der Waals surface area contributed by atoms with E-state index in [4.69, 9.17) is 11.6 Å². The number of carbonyl (C=O) groups is 1. The van der Waals surface area contributed by atoms with Crippen LogP contribution >= 0.6 is 23.4 Å². The van der Waals surface area contributed by atoms with E-state index >= 15 is 0 Å². The van der Waals surface area contributed by atoms with Crippen LogP contribution in [-0.4, -0.2) is 67.3 Å². The van der Waals surface area contributed by atoms with E-state index in [1.54, 1.807) is 34.0 Å². The number of rotatable bonds is 7. The molecule has 1 aromatic carbocycles. The Balaban J connectivity index is 1.53. The van der Waals surface area contributed by atoms with Crippen LogP contribution in [0.5, 0.6) is 0 Å². The Bertz CT molecular complexity index is 1320. The Hall–Kier alpha value is -2.93. The zero-order valence-electron chi connectivity index (χ0n) is 18.0. The number of pyridine rings is 1. The van der Waals surface area contributed by atoms with E-state index in [0.717, 1.165) is 35.0 Å². The Morgan fingerprint density at radius 3 is 2.54 bits per heavy atom. The first-order valence-corrected chi connectivity index (χ1v) is 11.6. The molecule has 0 fully saturated rings. The molecule has 0 spiro atoms. The number of halogens is 4. The molecular weight excluding hydrogens is 507 g/mol. The summed E-state index contributed by atoms with van der Waals surface area (Å²) in [5.41, 5.74) is 0.774. The van der Waals surface area contributed by atoms with Crippen LogP contribution < -0.4 is 0 Å². The van der Waals surface area contributed by atoms with Crippen molar-refractivity contribution < 1.29 is 28.2 Å². The summed E-state index contributed by atoms with van der Waals surface area (Å²) in [6.45, 7) is 0.297. The lowest BCUT2D eigenvalue weighted by molar-refractivity contribution is -0.137. The van der Waals surface area contributed by atoms with E-state index in [9.17, 15) is 28.2 Å². The summed E-state index contributed by atoms with van der Waals surface area (Å²) in [5, 5.41) is 23.7. The predicted octanol–water partition coefficient (Wildman–Crippen LogP) is 3.41. The smallest absolute Gasteiger partial charge is 0.395 e. The molecular formula is C22H19ClF3N5O3S. The highest BCUT2D eigenvalue weighted by molar-refractivity contribution is 8.18. The molecule has 3 heterocycles. The first kappa shape index (κ1) is 25.2. The average Bonchev–Trinajstić information content (AvgIpc) is 3.37. The van der Waals surface area contributed by atoms with Gasteiger partial charge in [0.1, 0.15) is 0 Å². The van der Waals surface area contributed by atoms with E-state index in [-0.39, 0.29) is 43.6 Å². The number of nitrogens with zero attached hydrogens (tertiary/aromatic N) is 5. The third-order valence-corrected chi connectivity index (χ3v) is 6.50. The fourth-order valence-corrected chi connectivity index (χ4v) is 4.62. The van der Waals surface area contributed by atoms with E-state index in [1.807, 2.05) is 6.07 Å². The maximum atomic E-state index is 12.8. The second-order valence-corrected chi connectivity index (χ2v) is 8.93. The third-order valence-electron chi connectivity index (χ3n) is 5.13. The Kier molecular flexibility index (Phi) is 7.45. The number of aliphatic imine (C=N–C) groups is 1. The summed E-state index contributed by atoms with van der Waals surface area (Å²) in [6.07, 6.45) is -0.499. The van der Waals surface area contributed by atoms with E-state index in [1.165, 1.54) is 0 Å². The van der Waals surface area contributed by atoms with Gasteiger partial charge < -0.3 is 15.1 Å². The lowest BCUT2D eigenvalue weighted by Crippen LogP contribution is -2.33. The van der Waals surface area contributed by atoms with Gasteiger partial charge in [-0.3, -0.25) is 14.5 Å². The fraction of sp³-hybridized carbons (Fsp3) is 0.273. The lowest BCUT2D eigenvalue weighted by atomic mass is 10.1. The van der Waals surface area contributed by atoms with Crippen molar-refractivity contribution >= 4 is 51.4 Å². The minimum Gasteiger partial charge on any atom is -0.395 e. The van der Waals surface area contributed by atoms with Gasteiger partial charge in [0.05, 0.1) is 52.7 Å². The molecule has 35 heavy (non-hydrogen) atoms. The van der Waals surface area contributed by atoms with E-state index in [2.05, 4.69) is 15.1 Å². The van der Waals surface area contributed by atoms with Gasteiger partial charge in [0.25, 0.3) is 5.91 Å². The summed E-state index contributed by atoms with van der Waals surface area (Å²) < 4.78 is 40.1. The van der Waals surface area contributed by atoms with Gasteiger partial charge in [0, 0.05) is 24.7 Å². The highest BCUT2D eigenvalue weighted by Crippen LogP contribution is 2.32. The summed E-state index contributed by atoms with van der Waals surface area (Å²) in [7, 11) is 0. The molecule has 13 heteroatoms. The van der Waals surface area contributed by atoms with Crippen LogP contribution in [0.1, 0.15) is 16.8 Å². The summed E-state index contributed by atoms with van der Waals surface area (Å²) in [4.78, 5) is 22.3. The fourth-order valence-electron chi connectivity index (χ4n) is 3.43. The van der Waals surface area contributed by atoms with Crippen LogP contribution in [0.2, 0.25) is 5.02 Å². The number of alkyl halides is 3. The molecule has 184 valence electrons. The van der Waals surface area contributed by atoms with Crippen LogP contribution in [0.3, 0.4) is 0 Å². The van der Waals surface area contributed by atoms with Gasteiger partial charge in [-0.15, -0.1) is 0 Å². The molecule has 0 unspecified atom stereocenters. The van der Waals surface area contributed by atoms with Crippen molar-refractivity contribution in [3.8, 4) is 0 Å². The quantitative estimate of drug-likeness (QED) is 0.456. The van der Waals surface area contributed by atoms with Crippen molar-refractivity contribution in [1.29, 1.82) is 0 Å². The molecule has 2 aromatic heterocycles. The van der Waals surface area contributed by atoms with Gasteiger partial charge in [0.15, 0.2) is 5.17 Å². The summed E-state index contributed by atoms with van der Waals surface area (Å²) >= 11 is 7.18. The second kappa shape index (κ2) is 10.4. The van der Waals surface area contributed by atoms with Crippen LogP contribution in [0.4, 0.5) is 13.2 Å². The number of carbonyl (C=O) groups excluding carboxylic acids is 1. The number of benzene rings is 1. The average molecular weight is 526 g/mol. The number of hydrogen-bond donors (Lipinski definition) is 2. The molecule has 0 bridgehead atoms. The maximum Gasteiger partial charge on any atom is 0.417 e. The maximum absolute atomic E-state index is 12.8. The van der Waals surface area contributed by atoms with Crippen LogP contribution in [0.25, 0.3) is 17.0 Å². The van der Waals surface area contributed by atoms with Crippen LogP contribution in [0, 0.1) is 0 Å². The molecule has 0 saturated carbocycles. The number of fused-ring (bicyclic) bond motifs is 1. The third kappa shape index (κ3) is 5.67. The van der Waals surface area contributed by atoms with Gasteiger partial charge in [-0.05, 0) is 41.6 Å². The minimum absolute atomic E-state index is 0.0813. The van der Waals surface area contributed by atoms with Gasteiger partial charge >= 0.3 is 6.18 Å². The molecule has 4 rings (SSSR count). The zero-order chi connectivity index (χ0) is 25.2. The van der Waals surface area contributed by atoms with Gasteiger partial charge in [-0.2, -0.15) is 23.3 Å². The molecule has 0 saturated heterocycles. The van der Waals surface area contributed by atoms with Crippen molar-refractivity contribution in [3.63, 3.8) is 0 Å². The largest absolute Gasteiger partial charge is 0.417 e. The standard InChI is InChI=1S/C22H19ClF3N5O3S/c23-16-9-15(22(24,25)26)11-27-17(16)12-31-18-2-1-13(7-14(18)10-28-31)8-19-20(34)29-21(35-19)30(3-5-32)4-6-33/h1-2,7-11,32-33H,3-6,12H2. The lowest BCUT2D eigenvalue weighted by Gasteiger charge is -2.20. The first-order valence-electron chi connectivity index (χ1n) is 10.4. The van der Waals surface area contributed by atoms with Crippen LogP contribution in [-0.2, 0) is 17.5 Å². The van der Waals surface area contributed by atoms with Crippen molar-refractivity contribution in [2.45, 2.75) is 12.7 Å². The van der Waals surface area contributed by atoms with E-state index in [0.29, 0.717) is 15.6 Å². The number of hydrogen-bond acceptors (Lipinski definition) is 7. The Labute approximate surface area is 206 Å². The predicted molar refractivity (Wildman–Crippen MR) is 127 cm³/mol. The SMILES string of the molecule is O=C1N=C(N(CCO)CCO)SC1=Cc1ccc2c(cnn2Cc2ncc(C(F)(F)F)cc2Cl)c1. The Morgan fingerprint density at radius 2 is 1.89 bits per heavy atom. The van der Waals surface area contributed by atoms with Gasteiger partial charge in [-0.1, -0.05) is 17.7 Å². The summed E-state index contributed by atoms with van der Waals surface area (Å²) in [6, 6.07) is 6.22. The molecule has 1 aliphatic heterocycles. The number of aromatic nitrogens is 3. The monoisotopic (exact) mass is 525 g/mol. The second-order valence-electron chi connectivity index (χ2n) is 7.52. The van der Waals surface area contributed by atoms with Crippen molar-refractivity contribution in [2.75, 3.05) is 26.3 Å². The zero-order valence-corrected chi connectivity index (χ0v) is 19.6. The van der Waals surface area contributed by atoms with Gasteiger partial charge in [-0.25, -0.2) is 0 Å². The summed E-state index contributed by atoms with van der Waals surface area (Å²) in [5.74, 6) is -0.412. The molecule has 3 aromatic rings. The van der Waals surface area contributed by atoms with E-state index < -0.39 is 17.6 Å². The Morgan fingerprint density at radius 1 is 1.14 bits per heavy atom. The molecule has 8 nitrogen and oxygen atoms in total. The number of aliphatic hydroxyl groups excluding tert-OH is 2. The molecule has 0 radical (unpaired) electrons. The number of aliphatic hydroxyl groups is 2. The number of amidine groups is 1. The highest BCUT2D eigenvalue weighted by Gasteiger charge is 2.31. The molecule has 0 aliphatic carbocycles. The molecule has 2 N–H and O–H groups in total. The normalized spacial score (nSPS) is 15.3. The molecule has 1 aliphatic rings. The molecule has 0 atom stereocenters. The van der Waals surface area contributed by atoms with Crippen molar-refractivity contribution in [3.05, 3.63) is 63.4 Å². The molecule has 1 amide bonds. The van der Waals surface area contributed by atoms with Crippen molar-refractivity contribution in [1.82, 2.24) is 19.7 Å².